The normalized spacial score (nSPS) is 18.6. The summed E-state index contributed by atoms with van der Waals surface area (Å²) < 4.78 is 5.44. The van der Waals surface area contributed by atoms with E-state index in [0.29, 0.717) is 19.1 Å². The molecule has 4 heteroatoms. The highest BCUT2D eigenvalue weighted by atomic mass is 16.5. The molecule has 106 valence electrons. The molecule has 19 heavy (non-hydrogen) atoms. The molecule has 0 aliphatic heterocycles. The number of hydrogen-bond donors (Lipinski definition) is 1. The molecule has 1 atom stereocenters. The number of methoxy groups -OCH3 is 1. The SMILES string of the molecule is COCC(CN)(C1CC1)N(C)Cc1cccc(C)n1. The number of nitrogens with zero attached hydrogens (tertiary/aromatic N) is 2. The fraction of sp³-hybridized carbons (Fsp3) is 0.667. The molecule has 1 aliphatic carbocycles. The molecule has 1 heterocycles. The molecule has 1 fully saturated rings. The van der Waals surface area contributed by atoms with E-state index in [1.807, 2.05) is 13.0 Å². The van der Waals surface area contributed by atoms with Crippen LogP contribution in [0, 0.1) is 12.8 Å². The van der Waals surface area contributed by atoms with E-state index in [1.54, 1.807) is 7.11 Å². The van der Waals surface area contributed by atoms with Gasteiger partial charge in [0.05, 0.1) is 17.8 Å². The molecule has 1 aromatic rings. The lowest BCUT2D eigenvalue weighted by molar-refractivity contribution is 0.00977. The molecule has 1 aliphatic rings. The molecule has 1 unspecified atom stereocenters. The van der Waals surface area contributed by atoms with Gasteiger partial charge < -0.3 is 10.5 Å². The van der Waals surface area contributed by atoms with Gasteiger partial charge in [-0.1, -0.05) is 6.07 Å². The van der Waals surface area contributed by atoms with E-state index >= 15 is 0 Å². The molecule has 2 rings (SSSR count). The van der Waals surface area contributed by atoms with Gasteiger partial charge in [-0.15, -0.1) is 0 Å². The fourth-order valence-corrected chi connectivity index (χ4v) is 2.88. The van der Waals surface area contributed by atoms with E-state index in [9.17, 15) is 0 Å². The lowest BCUT2D eigenvalue weighted by Crippen LogP contribution is -2.56. The lowest BCUT2D eigenvalue weighted by atomic mass is 9.92. The molecule has 0 spiro atoms. The Morgan fingerprint density at radius 1 is 1.47 bits per heavy atom. The van der Waals surface area contributed by atoms with E-state index in [4.69, 9.17) is 10.5 Å². The Morgan fingerprint density at radius 2 is 2.21 bits per heavy atom. The van der Waals surface area contributed by atoms with Crippen molar-refractivity contribution in [1.29, 1.82) is 0 Å². The van der Waals surface area contributed by atoms with Crippen molar-refractivity contribution in [3.63, 3.8) is 0 Å². The maximum absolute atomic E-state index is 6.08. The number of hydrogen-bond acceptors (Lipinski definition) is 4. The minimum Gasteiger partial charge on any atom is -0.383 e. The number of nitrogens with two attached hydrogens (primary N) is 1. The summed E-state index contributed by atoms with van der Waals surface area (Å²) in [6.45, 7) is 4.17. The molecule has 0 amide bonds. The van der Waals surface area contributed by atoms with E-state index in [0.717, 1.165) is 17.9 Å². The first kappa shape index (κ1) is 14.4. The quantitative estimate of drug-likeness (QED) is 0.811. The Kier molecular flexibility index (Phi) is 4.55. The average molecular weight is 263 g/mol. The molecule has 0 saturated heterocycles. The van der Waals surface area contributed by atoms with E-state index < -0.39 is 0 Å². The number of pyridine rings is 1. The van der Waals surface area contributed by atoms with Gasteiger partial charge in [-0.2, -0.15) is 0 Å². The van der Waals surface area contributed by atoms with Crippen LogP contribution in [0.25, 0.3) is 0 Å². The summed E-state index contributed by atoms with van der Waals surface area (Å²) in [5.41, 5.74) is 8.19. The van der Waals surface area contributed by atoms with Gasteiger partial charge in [-0.05, 0) is 44.9 Å². The molecular weight excluding hydrogens is 238 g/mol. The zero-order valence-corrected chi connectivity index (χ0v) is 12.2. The fourth-order valence-electron chi connectivity index (χ4n) is 2.88. The van der Waals surface area contributed by atoms with Crippen LogP contribution in [0.2, 0.25) is 0 Å². The van der Waals surface area contributed by atoms with Crippen molar-refractivity contribution in [3.05, 3.63) is 29.6 Å². The third kappa shape index (κ3) is 3.14. The van der Waals surface area contributed by atoms with Crippen molar-refractivity contribution < 1.29 is 4.74 Å². The Labute approximate surface area is 116 Å². The van der Waals surface area contributed by atoms with E-state index in [2.05, 4.69) is 29.1 Å². The summed E-state index contributed by atoms with van der Waals surface area (Å²) in [5.74, 6) is 0.659. The first-order chi connectivity index (χ1) is 9.12. The lowest BCUT2D eigenvalue weighted by Gasteiger charge is -2.41. The van der Waals surface area contributed by atoms with Gasteiger partial charge in [-0.25, -0.2) is 0 Å². The van der Waals surface area contributed by atoms with E-state index in [1.165, 1.54) is 12.8 Å². The van der Waals surface area contributed by atoms with Crippen molar-refractivity contribution in [3.8, 4) is 0 Å². The summed E-state index contributed by atoms with van der Waals surface area (Å²) in [6.07, 6.45) is 2.51. The Bertz CT molecular complexity index is 420. The van der Waals surface area contributed by atoms with Crippen LogP contribution in [-0.2, 0) is 11.3 Å². The third-order valence-electron chi connectivity index (χ3n) is 4.19. The average Bonchev–Trinajstić information content (AvgIpc) is 3.20. The number of aryl methyl sites for hydroxylation is 1. The second-order valence-corrected chi connectivity index (χ2v) is 5.64. The van der Waals surface area contributed by atoms with Gasteiger partial charge in [0, 0.05) is 25.9 Å². The predicted octanol–water partition coefficient (Wildman–Crippen LogP) is 1.58. The predicted molar refractivity (Wildman–Crippen MR) is 76.8 cm³/mol. The van der Waals surface area contributed by atoms with Crippen LogP contribution in [0.5, 0.6) is 0 Å². The van der Waals surface area contributed by atoms with Crippen LogP contribution >= 0.6 is 0 Å². The minimum absolute atomic E-state index is 0.0415. The summed E-state index contributed by atoms with van der Waals surface area (Å²) in [7, 11) is 3.89. The maximum atomic E-state index is 6.08. The number of ether oxygens (including phenoxy) is 1. The van der Waals surface area contributed by atoms with Crippen molar-refractivity contribution in [2.45, 2.75) is 31.8 Å². The Balaban J connectivity index is 2.13. The summed E-state index contributed by atoms with van der Waals surface area (Å²) >= 11 is 0. The number of aromatic nitrogens is 1. The maximum Gasteiger partial charge on any atom is 0.0661 e. The third-order valence-corrected chi connectivity index (χ3v) is 4.19. The summed E-state index contributed by atoms with van der Waals surface area (Å²) in [5, 5.41) is 0. The molecule has 0 aromatic carbocycles. The van der Waals surface area contributed by atoms with Gasteiger partial charge in [0.25, 0.3) is 0 Å². The molecular formula is C15H25N3O. The van der Waals surface area contributed by atoms with E-state index in [-0.39, 0.29) is 5.54 Å². The topological polar surface area (TPSA) is 51.4 Å². The van der Waals surface area contributed by atoms with Gasteiger partial charge in [0.2, 0.25) is 0 Å². The van der Waals surface area contributed by atoms with Crippen molar-refractivity contribution in [2.24, 2.45) is 11.7 Å². The number of rotatable bonds is 7. The summed E-state index contributed by atoms with van der Waals surface area (Å²) in [6, 6.07) is 6.16. The zero-order valence-electron chi connectivity index (χ0n) is 12.2. The van der Waals surface area contributed by atoms with Crippen LogP contribution in [0.15, 0.2) is 18.2 Å². The van der Waals surface area contributed by atoms with Crippen LogP contribution in [0.1, 0.15) is 24.2 Å². The van der Waals surface area contributed by atoms with Crippen LogP contribution in [-0.4, -0.2) is 42.7 Å². The van der Waals surface area contributed by atoms with Gasteiger partial charge in [0.1, 0.15) is 0 Å². The number of likely N-dealkylation sites (N-methyl/N-ethyl adjacent to an activating group) is 1. The highest BCUT2D eigenvalue weighted by Gasteiger charge is 2.47. The van der Waals surface area contributed by atoms with Crippen LogP contribution in [0.3, 0.4) is 0 Å². The van der Waals surface area contributed by atoms with Gasteiger partial charge >= 0.3 is 0 Å². The van der Waals surface area contributed by atoms with Crippen LogP contribution < -0.4 is 5.73 Å². The summed E-state index contributed by atoms with van der Waals surface area (Å²) in [4.78, 5) is 6.91. The Hall–Kier alpha value is -0.970. The standard InChI is InChI=1S/C15H25N3O/c1-12-5-4-6-14(17-12)9-18(2)15(10-16,11-19-3)13-7-8-13/h4-6,13H,7-11,16H2,1-3H3. The molecule has 2 N–H and O–H groups in total. The first-order valence-corrected chi connectivity index (χ1v) is 6.95. The van der Waals surface area contributed by atoms with Gasteiger partial charge in [0.15, 0.2) is 0 Å². The molecule has 1 saturated carbocycles. The zero-order chi connectivity index (χ0) is 13.9. The molecule has 1 aromatic heterocycles. The van der Waals surface area contributed by atoms with Crippen molar-refractivity contribution in [2.75, 3.05) is 27.3 Å². The molecule has 0 bridgehead atoms. The van der Waals surface area contributed by atoms with Crippen molar-refractivity contribution in [1.82, 2.24) is 9.88 Å². The smallest absolute Gasteiger partial charge is 0.0661 e. The first-order valence-electron chi connectivity index (χ1n) is 6.95. The largest absolute Gasteiger partial charge is 0.383 e. The minimum atomic E-state index is -0.0415. The van der Waals surface area contributed by atoms with Crippen molar-refractivity contribution >= 4 is 0 Å². The highest BCUT2D eigenvalue weighted by molar-refractivity contribution is 5.11. The molecule has 0 radical (unpaired) electrons. The molecule has 4 nitrogen and oxygen atoms in total. The highest BCUT2D eigenvalue weighted by Crippen LogP contribution is 2.42. The monoisotopic (exact) mass is 263 g/mol. The van der Waals surface area contributed by atoms with Crippen LogP contribution in [0.4, 0.5) is 0 Å². The second-order valence-electron chi connectivity index (χ2n) is 5.64. The van der Waals surface area contributed by atoms with Gasteiger partial charge in [-0.3, -0.25) is 9.88 Å². The second kappa shape index (κ2) is 5.99. The Morgan fingerprint density at radius 3 is 2.74 bits per heavy atom.